The fourth-order valence-electron chi connectivity index (χ4n) is 3.02. The Bertz CT molecular complexity index is 1270. The lowest BCUT2D eigenvalue weighted by Gasteiger charge is -2.15. The molecule has 0 unspecified atom stereocenters. The van der Waals surface area contributed by atoms with Gasteiger partial charge in [-0.05, 0) is 53.6 Å². The summed E-state index contributed by atoms with van der Waals surface area (Å²) in [6, 6.07) is 16.2. The van der Waals surface area contributed by atoms with Crippen LogP contribution in [0.3, 0.4) is 0 Å². The van der Waals surface area contributed by atoms with Crippen molar-refractivity contribution in [3.05, 3.63) is 106 Å². The highest BCUT2D eigenvalue weighted by Crippen LogP contribution is 2.29. The minimum Gasteiger partial charge on any atom is -0.354 e. The number of carbonyl (C=O) groups is 1. The molecule has 11 heteroatoms. The summed E-state index contributed by atoms with van der Waals surface area (Å²) in [4.78, 5) is 12.4. The van der Waals surface area contributed by atoms with E-state index in [1.54, 1.807) is 24.3 Å². The van der Waals surface area contributed by atoms with Crippen LogP contribution >= 0.6 is 11.6 Å². The number of para-hydroxylation sites is 1. The zero-order valence-electron chi connectivity index (χ0n) is 18.3. The summed E-state index contributed by atoms with van der Waals surface area (Å²) in [5.41, 5.74) is -1.26. The van der Waals surface area contributed by atoms with E-state index >= 15 is 0 Å². The summed E-state index contributed by atoms with van der Waals surface area (Å²) in [6.45, 7) is -0.0271. The minimum absolute atomic E-state index is 0.0271. The Balaban J connectivity index is 1.76. The molecule has 1 amide bonds. The first-order valence-corrected chi connectivity index (χ1v) is 10.7. The van der Waals surface area contributed by atoms with Crippen LogP contribution < -0.4 is 10.6 Å². The highest BCUT2D eigenvalue weighted by atomic mass is 35.5. The van der Waals surface area contributed by atoms with Gasteiger partial charge in [0, 0.05) is 17.8 Å². The van der Waals surface area contributed by atoms with Gasteiger partial charge in [-0.1, -0.05) is 48.0 Å². The second-order valence-electron chi connectivity index (χ2n) is 7.53. The van der Waals surface area contributed by atoms with Crippen molar-refractivity contribution in [3.8, 4) is 0 Å². The smallest absolute Gasteiger partial charge is 0.354 e. The Kier molecular flexibility index (Phi) is 8.09. The number of hydrogen-bond donors (Lipinski definition) is 3. The molecule has 0 aliphatic heterocycles. The van der Waals surface area contributed by atoms with E-state index < -0.39 is 29.5 Å². The van der Waals surface area contributed by atoms with Gasteiger partial charge >= 0.3 is 12.4 Å². The topological polar surface area (TPSA) is 65.0 Å². The van der Waals surface area contributed by atoms with Gasteiger partial charge in [0.05, 0.1) is 16.3 Å². The van der Waals surface area contributed by atoms with Gasteiger partial charge in [0.15, 0.2) is 0 Å². The third-order valence-corrected chi connectivity index (χ3v) is 5.26. The fraction of sp³-hybridized carbons (Fsp3) is 0.120. The van der Waals surface area contributed by atoms with Crippen LogP contribution in [-0.2, 0) is 12.7 Å². The fourth-order valence-corrected chi connectivity index (χ4v) is 3.21. The Morgan fingerprint density at radius 1 is 0.861 bits per heavy atom. The molecule has 3 aromatic rings. The lowest BCUT2D eigenvalue weighted by atomic mass is 10.1. The predicted molar refractivity (Wildman–Crippen MR) is 126 cm³/mol. The van der Waals surface area contributed by atoms with E-state index in [1.807, 2.05) is 0 Å². The maximum absolute atomic E-state index is 13.0. The van der Waals surface area contributed by atoms with Crippen molar-refractivity contribution in [3.63, 3.8) is 0 Å². The van der Waals surface area contributed by atoms with Crippen LogP contribution in [0, 0.1) is 5.41 Å². The van der Waals surface area contributed by atoms with Gasteiger partial charge in [0.2, 0.25) is 0 Å². The van der Waals surface area contributed by atoms with Gasteiger partial charge in [-0.3, -0.25) is 10.2 Å². The number of hydrogen-bond acceptors (Lipinski definition) is 3. The average molecular weight is 526 g/mol. The van der Waals surface area contributed by atoms with Gasteiger partial charge in [0.1, 0.15) is 5.71 Å². The van der Waals surface area contributed by atoms with Gasteiger partial charge in [-0.2, -0.15) is 26.3 Å². The van der Waals surface area contributed by atoms with E-state index in [4.69, 9.17) is 17.0 Å². The molecule has 3 N–H and O–H groups in total. The van der Waals surface area contributed by atoms with Crippen LogP contribution in [0.15, 0.2) is 78.9 Å². The van der Waals surface area contributed by atoms with Crippen molar-refractivity contribution in [1.82, 2.24) is 5.32 Å². The molecule has 0 saturated heterocycles. The van der Waals surface area contributed by atoms with Crippen molar-refractivity contribution in [2.24, 2.45) is 0 Å². The van der Waals surface area contributed by atoms with Gasteiger partial charge in [0.25, 0.3) is 5.91 Å². The molecule has 0 spiro atoms. The Labute approximate surface area is 207 Å². The summed E-state index contributed by atoms with van der Waals surface area (Å²) in [5.74, 6) is -0.533. The Morgan fingerprint density at radius 2 is 1.44 bits per heavy atom. The molecule has 0 saturated carbocycles. The van der Waals surface area contributed by atoms with Crippen LogP contribution in [0.4, 0.5) is 32.0 Å². The summed E-state index contributed by atoms with van der Waals surface area (Å²) in [5, 5.41) is 12.9. The SMILES string of the molecule is N=C(/C=C(\Nc1ccccc1Cl)c1ccc(C(=O)NCc2ccc(C(F)(F)F)cc2)cc1)C(F)(F)F. The second-order valence-corrected chi connectivity index (χ2v) is 7.94. The van der Waals surface area contributed by atoms with Gasteiger partial charge in [-0.25, -0.2) is 0 Å². The molecular formula is C25H18ClF6N3O. The Hall–Kier alpha value is -3.79. The molecule has 0 aromatic heterocycles. The molecule has 0 heterocycles. The first kappa shape index (κ1) is 26.8. The molecule has 0 aliphatic carbocycles. The van der Waals surface area contributed by atoms with E-state index in [9.17, 15) is 31.1 Å². The number of amides is 1. The molecule has 36 heavy (non-hydrogen) atoms. The van der Waals surface area contributed by atoms with Crippen molar-refractivity contribution in [1.29, 1.82) is 5.41 Å². The molecule has 0 atom stereocenters. The lowest BCUT2D eigenvalue weighted by molar-refractivity contribution is -0.137. The van der Waals surface area contributed by atoms with Crippen LogP contribution in [0.25, 0.3) is 5.70 Å². The van der Waals surface area contributed by atoms with Crippen LogP contribution in [0.1, 0.15) is 27.0 Å². The standard InChI is InChI=1S/C25H18ClF6N3O/c26-19-3-1-2-4-20(19)35-21(13-22(33)25(30,31)32)16-7-9-17(10-8-16)23(36)34-14-15-5-11-18(12-6-15)24(27,28)29/h1-13,33,35H,14H2,(H,34,36)/b21-13-,33-22?. The molecule has 0 aliphatic rings. The number of alkyl halides is 6. The quantitative estimate of drug-likeness (QED) is 0.223. The number of nitrogens with one attached hydrogen (secondary N) is 3. The van der Waals surface area contributed by atoms with E-state index in [2.05, 4.69) is 10.6 Å². The molecule has 3 aromatic carbocycles. The summed E-state index contributed by atoms with van der Waals surface area (Å²) in [7, 11) is 0. The van der Waals surface area contributed by atoms with Crippen molar-refractivity contribution >= 4 is 34.6 Å². The zero-order valence-corrected chi connectivity index (χ0v) is 19.0. The van der Waals surface area contributed by atoms with E-state index in [0.717, 1.165) is 12.1 Å². The maximum atomic E-state index is 13.0. The number of rotatable bonds is 7. The lowest BCUT2D eigenvalue weighted by Crippen LogP contribution is -2.23. The largest absolute Gasteiger partial charge is 0.432 e. The summed E-state index contributed by atoms with van der Waals surface area (Å²) in [6.07, 6.45) is -8.72. The van der Waals surface area contributed by atoms with Crippen LogP contribution in [-0.4, -0.2) is 17.8 Å². The first-order valence-electron chi connectivity index (χ1n) is 10.3. The number of carbonyl (C=O) groups excluding carboxylic acids is 1. The monoisotopic (exact) mass is 525 g/mol. The van der Waals surface area contributed by atoms with Gasteiger partial charge in [-0.15, -0.1) is 0 Å². The summed E-state index contributed by atoms with van der Waals surface area (Å²) >= 11 is 6.09. The molecular weight excluding hydrogens is 508 g/mol. The molecule has 3 rings (SSSR count). The van der Waals surface area contributed by atoms with Gasteiger partial charge < -0.3 is 10.6 Å². The number of allylic oxidation sites excluding steroid dienone is 1. The molecule has 0 bridgehead atoms. The third kappa shape index (κ3) is 7.11. The third-order valence-electron chi connectivity index (χ3n) is 4.93. The van der Waals surface area contributed by atoms with Crippen molar-refractivity contribution < 1.29 is 31.1 Å². The number of anilines is 1. The molecule has 4 nitrogen and oxygen atoms in total. The van der Waals surface area contributed by atoms with E-state index in [1.165, 1.54) is 36.4 Å². The van der Waals surface area contributed by atoms with Crippen LogP contribution in [0.5, 0.6) is 0 Å². The molecule has 0 fully saturated rings. The molecule has 0 radical (unpaired) electrons. The number of benzene rings is 3. The highest BCUT2D eigenvalue weighted by Gasteiger charge is 2.33. The second kappa shape index (κ2) is 10.9. The normalized spacial score (nSPS) is 12.2. The zero-order chi connectivity index (χ0) is 26.5. The Morgan fingerprint density at radius 3 is 2.00 bits per heavy atom. The maximum Gasteiger partial charge on any atom is 0.432 e. The number of halogens is 7. The minimum atomic E-state index is -4.87. The van der Waals surface area contributed by atoms with Crippen molar-refractivity contribution in [2.45, 2.75) is 18.9 Å². The van der Waals surface area contributed by atoms with E-state index in [-0.39, 0.29) is 28.4 Å². The average Bonchev–Trinajstić information content (AvgIpc) is 2.82. The predicted octanol–water partition coefficient (Wildman–Crippen LogP) is 7.32. The van der Waals surface area contributed by atoms with Crippen molar-refractivity contribution in [2.75, 3.05) is 5.32 Å². The molecule has 188 valence electrons. The highest BCUT2D eigenvalue weighted by molar-refractivity contribution is 6.33. The van der Waals surface area contributed by atoms with E-state index in [0.29, 0.717) is 17.3 Å². The summed E-state index contributed by atoms with van der Waals surface area (Å²) < 4.78 is 76.9. The van der Waals surface area contributed by atoms with Crippen LogP contribution in [0.2, 0.25) is 5.02 Å². The first-order chi connectivity index (χ1) is 16.8.